The van der Waals surface area contributed by atoms with Crippen molar-refractivity contribution in [2.24, 2.45) is 0 Å². The summed E-state index contributed by atoms with van der Waals surface area (Å²) in [5.41, 5.74) is 3.87. The Morgan fingerprint density at radius 3 is 2.68 bits per heavy atom. The second kappa shape index (κ2) is 5.02. The first-order valence-electron chi connectivity index (χ1n) is 6.08. The molecule has 0 fully saturated rings. The van der Waals surface area contributed by atoms with Gasteiger partial charge in [0.05, 0.1) is 0 Å². The summed E-state index contributed by atoms with van der Waals surface area (Å²) < 4.78 is 1.03. The van der Waals surface area contributed by atoms with E-state index in [9.17, 15) is 4.79 Å². The van der Waals surface area contributed by atoms with E-state index in [0.29, 0.717) is 6.42 Å². The Labute approximate surface area is 120 Å². The molecule has 19 heavy (non-hydrogen) atoms. The Kier molecular flexibility index (Phi) is 3.22. The lowest BCUT2D eigenvalue weighted by atomic mass is 9.97. The van der Waals surface area contributed by atoms with E-state index in [1.54, 1.807) is 0 Å². The van der Waals surface area contributed by atoms with Crippen LogP contribution < -0.4 is 5.32 Å². The van der Waals surface area contributed by atoms with Gasteiger partial charge in [0.15, 0.2) is 0 Å². The molecule has 0 atom stereocenters. The van der Waals surface area contributed by atoms with Gasteiger partial charge in [0.1, 0.15) is 0 Å². The lowest BCUT2D eigenvalue weighted by Crippen LogP contribution is -2.22. The molecule has 1 N–H and O–H groups in total. The van der Waals surface area contributed by atoms with Gasteiger partial charge in [0, 0.05) is 22.2 Å². The minimum Gasteiger partial charge on any atom is -0.322 e. The molecule has 3 heteroatoms. The van der Waals surface area contributed by atoms with Crippen LogP contribution in [0.4, 0.5) is 5.69 Å². The van der Waals surface area contributed by atoms with Gasteiger partial charge in [-0.1, -0.05) is 46.3 Å². The number of rotatable bonds is 1. The standard InChI is InChI=1S/C16H12BrNO/c17-14-6-7-15-12(10-14)9-13(16(19)18-15)8-11-4-2-1-3-5-11/h1-8,10H,9H2,(H,18,19). The summed E-state index contributed by atoms with van der Waals surface area (Å²) in [4.78, 5) is 12.1. The van der Waals surface area contributed by atoms with Gasteiger partial charge in [-0.05, 0) is 35.4 Å². The molecule has 2 nitrogen and oxygen atoms in total. The molecule has 0 unspecified atom stereocenters. The molecule has 0 aromatic heterocycles. The molecule has 0 bridgehead atoms. The Bertz CT molecular complexity index is 662. The molecule has 2 aromatic carbocycles. The van der Waals surface area contributed by atoms with Gasteiger partial charge < -0.3 is 5.32 Å². The Hall–Kier alpha value is -1.87. The first-order chi connectivity index (χ1) is 9.22. The van der Waals surface area contributed by atoms with E-state index in [1.807, 2.05) is 54.6 Å². The van der Waals surface area contributed by atoms with E-state index >= 15 is 0 Å². The number of anilines is 1. The fourth-order valence-corrected chi connectivity index (χ4v) is 2.59. The number of hydrogen-bond acceptors (Lipinski definition) is 1. The Morgan fingerprint density at radius 1 is 1.11 bits per heavy atom. The summed E-state index contributed by atoms with van der Waals surface area (Å²) in [6, 6.07) is 15.8. The normalized spacial score (nSPS) is 16.1. The number of fused-ring (bicyclic) bond motifs is 1. The van der Waals surface area contributed by atoms with Crippen LogP contribution in [0.25, 0.3) is 6.08 Å². The van der Waals surface area contributed by atoms with E-state index < -0.39 is 0 Å². The van der Waals surface area contributed by atoms with Crippen LogP contribution in [-0.4, -0.2) is 5.91 Å². The molecule has 1 aliphatic rings. The van der Waals surface area contributed by atoms with Gasteiger partial charge in [-0.15, -0.1) is 0 Å². The molecule has 0 spiro atoms. The van der Waals surface area contributed by atoms with Gasteiger partial charge in [0.2, 0.25) is 0 Å². The number of carbonyl (C=O) groups is 1. The first kappa shape index (κ1) is 12.2. The lowest BCUT2D eigenvalue weighted by molar-refractivity contribution is -0.113. The predicted octanol–water partition coefficient (Wildman–Crippen LogP) is 4.03. The number of hydrogen-bond donors (Lipinski definition) is 1. The predicted molar refractivity (Wildman–Crippen MR) is 80.9 cm³/mol. The molecule has 2 aromatic rings. The van der Waals surface area contributed by atoms with Crippen molar-refractivity contribution in [2.75, 3.05) is 5.32 Å². The monoisotopic (exact) mass is 313 g/mol. The van der Waals surface area contributed by atoms with Gasteiger partial charge in [-0.25, -0.2) is 0 Å². The Morgan fingerprint density at radius 2 is 1.89 bits per heavy atom. The van der Waals surface area contributed by atoms with E-state index in [2.05, 4.69) is 21.2 Å². The van der Waals surface area contributed by atoms with E-state index in [0.717, 1.165) is 26.9 Å². The van der Waals surface area contributed by atoms with Gasteiger partial charge in [0.25, 0.3) is 5.91 Å². The van der Waals surface area contributed by atoms with Crippen LogP contribution in [-0.2, 0) is 11.2 Å². The largest absolute Gasteiger partial charge is 0.322 e. The van der Waals surface area contributed by atoms with Crippen LogP contribution in [0.5, 0.6) is 0 Å². The fraction of sp³-hybridized carbons (Fsp3) is 0.0625. The van der Waals surface area contributed by atoms with Crippen molar-refractivity contribution in [3.8, 4) is 0 Å². The maximum absolute atomic E-state index is 12.1. The van der Waals surface area contributed by atoms with Crippen molar-refractivity contribution in [1.29, 1.82) is 0 Å². The van der Waals surface area contributed by atoms with Crippen molar-refractivity contribution < 1.29 is 4.79 Å². The number of amides is 1. The van der Waals surface area contributed by atoms with Gasteiger partial charge >= 0.3 is 0 Å². The second-order valence-corrected chi connectivity index (χ2v) is 5.43. The fourth-order valence-electron chi connectivity index (χ4n) is 2.19. The maximum atomic E-state index is 12.1. The summed E-state index contributed by atoms with van der Waals surface area (Å²) >= 11 is 3.46. The topological polar surface area (TPSA) is 29.1 Å². The lowest BCUT2D eigenvalue weighted by Gasteiger charge is -2.19. The molecule has 0 saturated carbocycles. The highest BCUT2D eigenvalue weighted by Gasteiger charge is 2.19. The average molecular weight is 314 g/mol. The van der Waals surface area contributed by atoms with Crippen molar-refractivity contribution in [1.82, 2.24) is 0 Å². The van der Waals surface area contributed by atoms with Crippen molar-refractivity contribution in [2.45, 2.75) is 6.42 Å². The van der Waals surface area contributed by atoms with Crippen LogP contribution >= 0.6 is 15.9 Å². The zero-order valence-corrected chi connectivity index (χ0v) is 11.8. The van der Waals surface area contributed by atoms with E-state index in [4.69, 9.17) is 0 Å². The summed E-state index contributed by atoms with van der Waals surface area (Å²) in [6.07, 6.45) is 2.61. The zero-order chi connectivity index (χ0) is 13.2. The number of benzene rings is 2. The molecule has 1 heterocycles. The van der Waals surface area contributed by atoms with E-state index in [-0.39, 0.29) is 5.91 Å². The van der Waals surface area contributed by atoms with Crippen LogP contribution in [0, 0.1) is 0 Å². The zero-order valence-electron chi connectivity index (χ0n) is 10.2. The van der Waals surface area contributed by atoms with Crippen molar-refractivity contribution in [3.05, 3.63) is 69.7 Å². The quantitative estimate of drug-likeness (QED) is 0.791. The maximum Gasteiger partial charge on any atom is 0.251 e. The highest BCUT2D eigenvalue weighted by Crippen LogP contribution is 2.28. The van der Waals surface area contributed by atoms with Crippen molar-refractivity contribution in [3.63, 3.8) is 0 Å². The van der Waals surface area contributed by atoms with Gasteiger partial charge in [-0.3, -0.25) is 4.79 Å². The minimum atomic E-state index is -0.0151. The minimum absolute atomic E-state index is 0.0151. The molecule has 0 aliphatic carbocycles. The summed E-state index contributed by atoms with van der Waals surface area (Å²) in [6.45, 7) is 0. The van der Waals surface area contributed by atoms with Crippen LogP contribution in [0.3, 0.4) is 0 Å². The highest BCUT2D eigenvalue weighted by atomic mass is 79.9. The molecule has 94 valence electrons. The first-order valence-corrected chi connectivity index (χ1v) is 6.87. The van der Waals surface area contributed by atoms with Crippen LogP contribution in [0.15, 0.2) is 58.6 Å². The number of nitrogens with one attached hydrogen (secondary N) is 1. The summed E-state index contributed by atoms with van der Waals surface area (Å²) in [7, 11) is 0. The summed E-state index contributed by atoms with van der Waals surface area (Å²) in [5, 5.41) is 2.93. The second-order valence-electron chi connectivity index (χ2n) is 4.51. The smallest absolute Gasteiger partial charge is 0.251 e. The van der Waals surface area contributed by atoms with Gasteiger partial charge in [-0.2, -0.15) is 0 Å². The molecule has 1 aliphatic heterocycles. The van der Waals surface area contributed by atoms with Crippen molar-refractivity contribution >= 4 is 33.6 Å². The molecular weight excluding hydrogens is 302 g/mol. The van der Waals surface area contributed by atoms with Crippen LogP contribution in [0.1, 0.15) is 11.1 Å². The number of halogens is 1. The summed E-state index contributed by atoms with van der Waals surface area (Å²) in [5.74, 6) is -0.0151. The number of carbonyl (C=O) groups excluding carboxylic acids is 1. The highest BCUT2D eigenvalue weighted by molar-refractivity contribution is 9.10. The van der Waals surface area contributed by atoms with Crippen LogP contribution in [0.2, 0.25) is 0 Å². The third kappa shape index (κ3) is 2.61. The SMILES string of the molecule is O=C1Nc2ccc(Br)cc2CC1=Cc1ccccc1. The molecule has 0 saturated heterocycles. The molecule has 0 radical (unpaired) electrons. The Balaban J connectivity index is 1.97. The molecule has 1 amide bonds. The third-order valence-corrected chi connectivity index (χ3v) is 3.62. The molecule has 3 rings (SSSR count). The molecular formula is C16H12BrNO. The third-order valence-electron chi connectivity index (χ3n) is 3.13. The average Bonchev–Trinajstić information content (AvgIpc) is 2.41. The van der Waals surface area contributed by atoms with E-state index in [1.165, 1.54) is 0 Å².